The van der Waals surface area contributed by atoms with Gasteiger partial charge in [-0.15, -0.1) is 11.8 Å². The lowest BCUT2D eigenvalue weighted by Crippen LogP contribution is -2.31. The molecule has 1 heterocycles. The number of carbonyl (C=O) groups is 3. The van der Waals surface area contributed by atoms with Gasteiger partial charge in [0.1, 0.15) is 0 Å². The zero-order valence-electron chi connectivity index (χ0n) is 26.9. The lowest BCUT2D eigenvalue weighted by Gasteiger charge is -2.36. The third kappa shape index (κ3) is 10.0. The van der Waals surface area contributed by atoms with E-state index in [9.17, 15) is 24.6 Å². The number of carboxylic acids is 1. The van der Waals surface area contributed by atoms with Gasteiger partial charge in [0.2, 0.25) is 11.8 Å². The summed E-state index contributed by atoms with van der Waals surface area (Å²) in [6.45, 7) is 0.304. The molecule has 0 saturated carbocycles. The maximum Gasteiger partial charge on any atom is 0.336 e. The predicted octanol–water partition coefficient (Wildman–Crippen LogP) is 6.56. The lowest BCUT2D eigenvalue weighted by molar-refractivity contribution is -0.245. The van der Waals surface area contributed by atoms with E-state index >= 15 is 0 Å². The van der Waals surface area contributed by atoms with Crippen molar-refractivity contribution in [2.24, 2.45) is 0 Å². The summed E-state index contributed by atoms with van der Waals surface area (Å²) in [5.41, 5.74) is 7.37. The predicted molar refractivity (Wildman–Crippen MR) is 185 cm³/mol. The Balaban J connectivity index is 1.28. The Labute approximate surface area is 289 Å². The van der Waals surface area contributed by atoms with Crippen LogP contribution in [0.25, 0.3) is 11.1 Å². The summed E-state index contributed by atoms with van der Waals surface area (Å²) in [6.07, 6.45) is 0.903. The Bertz CT molecular complexity index is 1710. The van der Waals surface area contributed by atoms with Gasteiger partial charge in [0.05, 0.1) is 24.4 Å². The van der Waals surface area contributed by atoms with E-state index in [2.05, 4.69) is 5.32 Å². The van der Waals surface area contributed by atoms with Crippen LogP contribution < -0.4 is 10.8 Å². The average molecular weight is 685 g/mol. The molecular weight excluding hydrogens is 644 g/mol. The highest BCUT2D eigenvalue weighted by Crippen LogP contribution is 2.40. The van der Waals surface area contributed by atoms with E-state index in [0.717, 1.165) is 33.4 Å². The molecule has 1 aliphatic rings. The van der Waals surface area contributed by atoms with Crippen LogP contribution in [0.1, 0.15) is 77.1 Å². The second-order valence-corrected chi connectivity index (χ2v) is 12.8. The number of hydrogen-bond acceptors (Lipinski definition) is 8. The number of ether oxygens (including phenoxy) is 2. The Hall–Kier alpha value is -4.52. The molecule has 5 N–H and O–H groups in total. The van der Waals surface area contributed by atoms with E-state index < -0.39 is 18.2 Å². The molecule has 10 nitrogen and oxygen atoms in total. The molecule has 0 aromatic heterocycles. The Morgan fingerprint density at radius 1 is 0.796 bits per heavy atom. The number of nitrogens with one attached hydrogen (secondary N) is 2. The van der Waals surface area contributed by atoms with Crippen molar-refractivity contribution in [2.45, 2.75) is 68.6 Å². The zero-order valence-corrected chi connectivity index (χ0v) is 27.7. The first-order valence-corrected chi connectivity index (χ1v) is 17.2. The van der Waals surface area contributed by atoms with E-state index in [-0.39, 0.29) is 43.1 Å². The van der Waals surface area contributed by atoms with E-state index in [0.29, 0.717) is 36.5 Å². The van der Waals surface area contributed by atoms with Crippen LogP contribution >= 0.6 is 11.8 Å². The fraction of sp³-hybridized carbons (Fsp3) is 0.289. The summed E-state index contributed by atoms with van der Waals surface area (Å²) < 4.78 is 13.0. The number of benzene rings is 4. The first kappa shape index (κ1) is 35.8. The van der Waals surface area contributed by atoms with Gasteiger partial charge >= 0.3 is 5.97 Å². The molecule has 256 valence electrons. The Morgan fingerprint density at radius 2 is 1.47 bits per heavy atom. The molecule has 1 aliphatic heterocycles. The molecule has 2 amide bonds. The van der Waals surface area contributed by atoms with Crippen molar-refractivity contribution >= 4 is 29.5 Å². The molecule has 0 spiro atoms. The van der Waals surface area contributed by atoms with Gasteiger partial charge in [-0.05, 0) is 52.8 Å². The zero-order chi connectivity index (χ0) is 34.6. The molecule has 0 bridgehead atoms. The highest BCUT2D eigenvalue weighted by molar-refractivity contribution is 7.99. The summed E-state index contributed by atoms with van der Waals surface area (Å²) in [7, 11) is 0. The number of aliphatic hydroxyl groups excluding tert-OH is 1. The molecule has 1 saturated heterocycles. The van der Waals surface area contributed by atoms with E-state index in [4.69, 9.17) is 14.7 Å². The van der Waals surface area contributed by atoms with Crippen molar-refractivity contribution in [2.75, 3.05) is 5.75 Å². The number of hydroxylamine groups is 1. The van der Waals surface area contributed by atoms with Gasteiger partial charge in [-0.3, -0.25) is 14.8 Å². The number of carboxylic acid groups (broad SMARTS) is 1. The Kier molecular flexibility index (Phi) is 13.0. The number of thioether (sulfide) groups is 1. The molecule has 0 radical (unpaired) electrons. The van der Waals surface area contributed by atoms with Gasteiger partial charge in [-0.25, -0.2) is 10.3 Å². The molecule has 4 aromatic rings. The molecule has 0 unspecified atom stereocenters. The monoisotopic (exact) mass is 684 g/mol. The van der Waals surface area contributed by atoms with Crippen LogP contribution in [0.3, 0.4) is 0 Å². The fourth-order valence-corrected chi connectivity index (χ4v) is 6.73. The van der Waals surface area contributed by atoms with Gasteiger partial charge in [-0.1, -0.05) is 84.9 Å². The molecule has 3 atom stereocenters. The lowest BCUT2D eigenvalue weighted by atomic mass is 9.97. The minimum Gasteiger partial charge on any atom is -0.478 e. The molecule has 0 aliphatic carbocycles. The van der Waals surface area contributed by atoms with Crippen LogP contribution in [0.4, 0.5) is 0 Å². The topological polar surface area (TPSA) is 154 Å². The number of rotatable bonds is 15. The van der Waals surface area contributed by atoms with Crippen LogP contribution in [0.5, 0.6) is 0 Å². The summed E-state index contributed by atoms with van der Waals surface area (Å²) in [4.78, 5) is 36.0. The smallest absolute Gasteiger partial charge is 0.336 e. The second kappa shape index (κ2) is 17.8. The van der Waals surface area contributed by atoms with E-state index in [1.54, 1.807) is 23.7 Å². The van der Waals surface area contributed by atoms with Crippen LogP contribution in [-0.4, -0.2) is 45.1 Å². The number of aliphatic hydroxyl groups is 1. The first-order chi connectivity index (χ1) is 23.8. The highest BCUT2D eigenvalue weighted by atomic mass is 32.2. The van der Waals surface area contributed by atoms with Gasteiger partial charge in [0.25, 0.3) is 0 Å². The van der Waals surface area contributed by atoms with Crippen LogP contribution in [0.2, 0.25) is 0 Å². The summed E-state index contributed by atoms with van der Waals surface area (Å²) in [5, 5.41) is 30.7. The van der Waals surface area contributed by atoms with E-state index in [1.165, 1.54) is 11.8 Å². The van der Waals surface area contributed by atoms with Gasteiger partial charge in [-0.2, -0.15) is 0 Å². The molecule has 49 heavy (non-hydrogen) atoms. The van der Waals surface area contributed by atoms with Crippen molar-refractivity contribution < 1.29 is 39.3 Å². The molecule has 1 fully saturated rings. The van der Waals surface area contributed by atoms with Crippen molar-refractivity contribution in [1.82, 2.24) is 10.8 Å². The first-order valence-electron chi connectivity index (χ1n) is 16.2. The molecule has 4 aromatic carbocycles. The van der Waals surface area contributed by atoms with Crippen molar-refractivity contribution in [3.05, 3.63) is 125 Å². The van der Waals surface area contributed by atoms with E-state index in [1.807, 2.05) is 78.9 Å². The van der Waals surface area contributed by atoms with Crippen LogP contribution in [0, 0.1) is 0 Å². The number of aromatic carboxylic acids is 1. The van der Waals surface area contributed by atoms with Gasteiger partial charge in [0, 0.05) is 42.0 Å². The summed E-state index contributed by atoms with van der Waals surface area (Å²) in [5.74, 6) is -1.01. The summed E-state index contributed by atoms with van der Waals surface area (Å²) in [6, 6.07) is 30.4. The maximum atomic E-state index is 12.4. The quantitative estimate of drug-likeness (QED) is 0.0405. The third-order valence-electron chi connectivity index (χ3n) is 8.33. The average Bonchev–Trinajstić information content (AvgIpc) is 3.15. The van der Waals surface area contributed by atoms with Crippen molar-refractivity contribution in [3.8, 4) is 11.1 Å². The number of unbranched alkanes of at least 4 members (excludes halogenated alkanes) is 1. The molecule has 11 heteroatoms. The Morgan fingerprint density at radius 3 is 2.18 bits per heavy atom. The van der Waals surface area contributed by atoms with Gasteiger partial charge in [0.15, 0.2) is 6.29 Å². The van der Waals surface area contributed by atoms with Crippen molar-refractivity contribution in [3.63, 3.8) is 0 Å². The van der Waals surface area contributed by atoms with Crippen LogP contribution in [-0.2, 0) is 32.2 Å². The highest BCUT2D eigenvalue weighted by Gasteiger charge is 2.32. The third-order valence-corrected chi connectivity index (χ3v) is 9.53. The summed E-state index contributed by atoms with van der Waals surface area (Å²) >= 11 is 1.45. The normalized spacial score (nSPS) is 17.3. The number of hydrogen-bond donors (Lipinski definition) is 5. The minimum absolute atomic E-state index is 0.0466. The number of amides is 2. The molecule has 5 rings (SSSR count). The standard InChI is InChI=1S/C38H40N2O8S/c41-23-25-13-15-27(16-14-25)33-21-30(24-49-34-10-4-3-9-32(34)37(44)45)47-38(48-33)28-19-17-26(18-20-28)31-8-2-1-7-29(31)22-39-35(42)11-5-6-12-36(43)40-46/h1-4,7-10,13-20,30,33,38,41,46H,5-6,11-12,21-24H2,(H,39,42)(H,40,43)(H,44,45)/t30-,33+,38+/m0/s1. The van der Waals surface area contributed by atoms with Gasteiger partial charge < -0.3 is 25.0 Å². The maximum absolute atomic E-state index is 12.4. The second-order valence-electron chi connectivity index (χ2n) is 11.8. The minimum atomic E-state index is -0.971. The largest absolute Gasteiger partial charge is 0.478 e. The fourth-order valence-electron chi connectivity index (χ4n) is 5.66. The molecular formula is C38H40N2O8S. The SMILES string of the molecule is O=C(CCCCC(=O)NCc1ccccc1-c1ccc([C@@H]2O[C@H](CSc3ccccc3C(=O)O)C[C@H](c3ccc(CO)cc3)O2)cc1)NO. The van der Waals surface area contributed by atoms with Crippen molar-refractivity contribution in [1.29, 1.82) is 0 Å². The van der Waals surface area contributed by atoms with Crippen LogP contribution in [0.15, 0.2) is 102 Å². The number of carbonyl (C=O) groups excluding carboxylic acids is 2.